The number of morpholine rings is 1. The first-order chi connectivity index (χ1) is 9.37. The summed E-state index contributed by atoms with van der Waals surface area (Å²) in [6, 6.07) is 5.08. The maximum atomic E-state index is 12.3. The van der Waals surface area contributed by atoms with Crippen LogP contribution in [0.25, 0.3) is 0 Å². The van der Waals surface area contributed by atoms with Crippen molar-refractivity contribution in [3.05, 3.63) is 29.0 Å². The topological polar surface area (TPSA) is 51.7 Å². The van der Waals surface area contributed by atoms with Crippen LogP contribution in [0.2, 0.25) is 5.15 Å². The lowest BCUT2D eigenvalue weighted by atomic mass is 10.1. The normalized spacial score (nSPS) is 19.8. The quantitative estimate of drug-likeness (QED) is 0.748. The monoisotopic (exact) mass is 298 g/mol. The highest BCUT2D eigenvalue weighted by Gasteiger charge is 2.32. The largest absolute Gasteiger partial charge is 0.444 e. The van der Waals surface area contributed by atoms with E-state index in [0.717, 1.165) is 0 Å². The highest BCUT2D eigenvalue weighted by atomic mass is 35.5. The number of hydrogen-bond acceptors (Lipinski definition) is 4. The van der Waals surface area contributed by atoms with Crippen molar-refractivity contribution in [2.75, 3.05) is 19.8 Å². The maximum Gasteiger partial charge on any atom is 0.411 e. The van der Waals surface area contributed by atoms with Crippen LogP contribution >= 0.6 is 11.6 Å². The van der Waals surface area contributed by atoms with Crippen LogP contribution in [0.15, 0.2) is 18.2 Å². The minimum Gasteiger partial charge on any atom is -0.444 e. The summed E-state index contributed by atoms with van der Waals surface area (Å²) in [6.07, 6.45) is -0.354. The molecule has 2 rings (SSSR count). The van der Waals surface area contributed by atoms with Crippen LogP contribution < -0.4 is 0 Å². The predicted octanol–water partition coefficient (Wildman–Crippen LogP) is 3.04. The minimum absolute atomic E-state index is 0.266. The van der Waals surface area contributed by atoms with Gasteiger partial charge >= 0.3 is 6.09 Å². The van der Waals surface area contributed by atoms with E-state index in [1.165, 1.54) is 0 Å². The summed E-state index contributed by atoms with van der Waals surface area (Å²) in [7, 11) is 0. The number of halogens is 1. The Labute approximate surface area is 123 Å². The average Bonchev–Trinajstić information content (AvgIpc) is 2.37. The number of aromatic nitrogens is 1. The highest BCUT2D eigenvalue weighted by molar-refractivity contribution is 6.29. The Balaban J connectivity index is 2.19. The van der Waals surface area contributed by atoms with Crippen molar-refractivity contribution in [1.29, 1.82) is 0 Å². The number of rotatable bonds is 1. The van der Waals surface area contributed by atoms with Crippen LogP contribution in [0.3, 0.4) is 0 Å². The number of carbonyl (C=O) groups excluding carboxylic acids is 1. The van der Waals surface area contributed by atoms with Gasteiger partial charge in [0.2, 0.25) is 0 Å². The van der Waals surface area contributed by atoms with Crippen molar-refractivity contribution >= 4 is 17.7 Å². The molecule has 0 aromatic carbocycles. The molecule has 0 radical (unpaired) electrons. The number of nitrogens with zero attached hydrogens (tertiary/aromatic N) is 2. The van der Waals surface area contributed by atoms with Gasteiger partial charge in [-0.25, -0.2) is 9.78 Å². The van der Waals surface area contributed by atoms with Crippen molar-refractivity contribution < 1.29 is 14.3 Å². The van der Waals surface area contributed by atoms with Crippen LogP contribution in [0, 0.1) is 0 Å². The molecule has 0 N–H and O–H groups in total. The van der Waals surface area contributed by atoms with Crippen LogP contribution in [-0.4, -0.2) is 41.3 Å². The summed E-state index contributed by atoms with van der Waals surface area (Å²) in [5.74, 6) is 0. The molecule has 0 spiro atoms. The predicted molar refractivity (Wildman–Crippen MR) is 75.7 cm³/mol. The standard InChI is InChI=1S/C14H19ClN2O3/c1-14(2,3)20-13(18)17-7-8-19-9-11(17)10-5-4-6-12(15)16-10/h4-6,11H,7-9H2,1-3H3. The van der Waals surface area contributed by atoms with Gasteiger partial charge in [0.1, 0.15) is 16.8 Å². The van der Waals surface area contributed by atoms with E-state index in [-0.39, 0.29) is 12.1 Å². The molecule has 2 heterocycles. The molecule has 5 nitrogen and oxygen atoms in total. The molecule has 1 fully saturated rings. The van der Waals surface area contributed by atoms with Crippen LogP contribution in [0.4, 0.5) is 4.79 Å². The summed E-state index contributed by atoms with van der Waals surface area (Å²) in [6.45, 7) is 6.91. The zero-order chi connectivity index (χ0) is 14.8. The number of hydrogen-bond donors (Lipinski definition) is 0. The van der Waals surface area contributed by atoms with E-state index in [0.29, 0.717) is 30.6 Å². The average molecular weight is 299 g/mol. The Morgan fingerprint density at radius 1 is 1.50 bits per heavy atom. The maximum absolute atomic E-state index is 12.3. The molecular weight excluding hydrogens is 280 g/mol. The first-order valence-electron chi connectivity index (χ1n) is 6.56. The molecule has 1 atom stereocenters. The lowest BCUT2D eigenvalue weighted by Crippen LogP contribution is -2.45. The third kappa shape index (κ3) is 3.84. The van der Waals surface area contributed by atoms with Gasteiger partial charge in [-0.3, -0.25) is 4.90 Å². The second-order valence-corrected chi connectivity index (χ2v) is 6.04. The van der Waals surface area contributed by atoms with E-state index in [1.807, 2.05) is 32.9 Å². The zero-order valence-corrected chi connectivity index (χ0v) is 12.7. The van der Waals surface area contributed by atoms with Crippen LogP contribution in [-0.2, 0) is 9.47 Å². The van der Waals surface area contributed by atoms with Gasteiger partial charge in [-0.15, -0.1) is 0 Å². The molecule has 1 saturated heterocycles. The summed E-state index contributed by atoms with van der Waals surface area (Å²) in [4.78, 5) is 18.2. The molecule has 0 bridgehead atoms. The lowest BCUT2D eigenvalue weighted by Gasteiger charge is -2.36. The van der Waals surface area contributed by atoms with Crippen molar-refractivity contribution in [2.45, 2.75) is 32.4 Å². The molecule has 1 aliphatic rings. The molecule has 6 heteroatoms. The second-order valence-electron chi connectivity index (χ2n) is 5.65. The van der Waals surface area contributed by atoms with Crippen LogP contribution in [0.1, 0.15) is 32.5 Å². The molecule has 1 unspecified atom stereocenters. The zero-order valence-electron chi connectivity index (χ0n) is 11.9. The molecule has 1 aromatic rings. The number of ether oxygens (including phenoxy) is 2. The van der Waals surface area contributed by atoms with E-state index in [9.17, 15) is 4.79 Å². The smallest absolute Gasteiger partial charge is 0.411 e. The highest BCUT2D eigenvalue weighted by Crippen LogP contribution is 2.25. The molecular formula is C14H19ClN2O3. The molecule has 110 valence electrons. The van der Waals surface area contributed by atoms with Crippen molar-refractivity contribution in [3.63, 3.8) is 0 Å². The van der Waals surface area contributed by atoms with Gasteiger partial charge in [-0.1, -0.05) is 17.7 Å². The van der Waals surface area contributed by atoms with E-state index in [4.69, 9.17) is 21.1 Å². The van der Waals surface area contributed by atoms with Gasteiger partial charge < -0.3 is 9.47 Å². The van der Waals surface area contributed by atoms with E-state index >= 15 is 0 Å². The summed E-state index contributed by atoms with van der Waals surface area (Å²) < 4.78 is 10.9. The Bertz CT molecular complexity index is 488. The fourth-order valence-electron chi connectivity index (χ4n) is 2.00. The lowest BCUT2D eigenvalue weighted by molar-refractivity contribution is -0.0340. The number of carbonyl (C=O) groups is 1. The first-order valence-corrected chi connectivity index (χ1v) is 6.94. The summed E-state index contributed by atoms with van der Waals surface area (Å²) in [5, 5.41) is 0.400. The fraction of sp³-hybridized carbons (Fsp3) is 0.571. The third-order valence-electron chi connectivity index (χ3n) is 2.83. The van der Waals surface area contributed by atoms with E-state index in [1.54, 1.807) is 11.0 Å². The Morgan fingerprint density at radius 2 is 2.25 bits per heavy atom. The van der Waals surface area contributed by atoms with Gasteiger partial charge in [-0.2, -0.15) is 0 Å². The second kappa shape index (κ2) is 5.97. The van der Waals surface area contributed by atoms with Gasteiger partial charge in [0.25, 0.3) is 0 Å². The SMILES string of the molecule is CC(C)(C)OC(=O)N1CCOCC1c1cccc(Cl)n1. The van der Waals surface area contributed by atoms with Gasteiger partial charge in [0, 0.05) is 6.54 Å². The fourth-order valence-corrected chi connectivity index (χ4v) is 2.17. The van der Waals surface area contributed by atoms with E-state index < -0.39 is 5.60 Å². The molecule has 0 saturated carbocycles. The number of pyridine rings is 1. The Morgan fingerprint density at radius 3 is 2.90 bits per heavy atom. The van der Waals surface area contributed by atoms with Crippen molar-refractivity contribution in [1.82, 2.24) is 9.88 Å². The molecule has 1 aromatic heterocycles. The van der Waals surface area contributed by atoms with Crippen LogP contribution in [0.5, 0.6) is 0 Å². The Hall–Kier alpha value is -1.33. The summed E-state index contributed by atoms with van der Waals surface area (Å²) >= 11 is 5.91. The number of amides is 1. The summed E-state index contributed by atoms with van der Waals surface area (Å²) in [5.41, 5.74) is 0.185. The first kappa shape index (κ1) is 15.1. The van der Waals surface area contributed by atoms with Gasteiger partial charge in [0.15, 0.2) is 0 Å². The molecule has 1 aliphatic heterocycles. The van der Waals surface area contributed by atoms with Crippen molar-refractivity contribution in [2.24, 2.45) is 0 Å². The van der Waals surface area contributed by atoms with E-state index in [2.05, 4.69) is 4.98 Å². The van der Waals surface area contributed by atoms with Gasteiger partial charge in [-0.05, 0) is 32.9 Å². The van der Waals surface area contributed by atoms with Gasteiger partial charge in [0.05, 0.1) is 18.9 Å². The molecule has 20 heavy (non-hydrogen) atoms. The van der Waals surface area contributed by atoms with Crippen molar-refractivity contribution in [3.8, 4) is 0 Å². The molecule has 1 amide bonds. The Kier molecular flexibility index (Phi) is 4.50. The molecule has 0 aliphatic carbocycles. The third-order valence-corrected chi connectivity index (χ3v) is 3.05. The minimum atomic E-state index is -0.526.